The van der Waals surface area contributed by atoms with E-state index in [-0.39, 0.29) is 17.1 Å². The lowest BCUT2D eigenvalue weighted by molar-refractivity contribution is -0.125. The summed E-state index contributed by atoms with van der Waals surface area (Å²) in [6.07, 6.45) is 2.79. The van der Waals surface area contributed by atoms with Crippen molar-refractivity contribution in [3.8, 4) is 0 Å². The van der Waals surface area contributed by atoms with Crippen molar-refractivity contribution in [3.63, 3.8) is 0 Å². The maximum Gasteiger partial charge on any atom is 0.418 e. The monoisotopic (exact) mass is 693 g/mol. The predicted octanol–water partition coefficient (Wildman–Crippen LogP) is 9.20. The van der Waals surface area contributed by atoms with Crippen molar-refractivity contribution in [1.82, 2.24) is 4.90 Å². The van der Waals surface area contributed by atoms with Gasteiger partial charge in [0.05, 0.1) is 12.1 Å². The van der Waals surface area contributed by atoms with Crippen LogP contribution < -0.4 is 10.4 Å². The molecule has 2 amide bonds. The van der Waals surface area contributed by atoms with E-state index < -0.39 is 32.0 Å². The minimum Gasteiger partial charge on any atom is -0.430 e. The van der Waals surface area contributed by atoms with E-state index in [1.165, 1.54) is 21.3 Å². The fourth-order valence-corrected chi connectivity index (χ4v) is 12.4. The number of amides is 2. The summed E-state index contributed by atoms with van der Waals surface area (Å²) in [6.45, 7) is 10.8. The van der Waals surface area contributed by atoms with Gasteiger partial charge in [-0.25, -0.2) is 9.69 Å². The molecule has 1 heterocycles. The van der Waals surface area contributed by atoms with Crippen LogP contribution in [0.1, 0.15) is 63.8 Å². The van der Waals surface area contributed by atoms with Crippen molar-refractivity contribution in [2.24, 2.45) is 5.92 Å². The molecule has 0 radical (unpaired) electrons. The van der Waals surface area contributed by atoms with Crippen molar-refractivity contribution in [1.29, 1.82) is 0 Å². The summed E-state index contributed by atoms with van der Waals surface area (Å²) in [5, 5.41) is 2.13. The first-order chi connectivity index (χ1) is 24.6. The third-order valence-corrected chi connectivity index (χ3v) is 15.0. The van der Waals surface area contributed by atoms with Crippen molar-refractivity contribution in [2.75, 3.05) is 0 Å². The second-order valence-electron chi connectivity index (χ2n) is 14.6. The quantitative estimate of drug-likeness (QED) is 0.102. The Kier molecular flexibility index (Phi) is 10.6. The Hall–Kier alpha value is -5.04. The molecule has 1 aliphatic rings. The summed E-state index contributed by atoms with van der Waals surface area (Å²) in [7, 11) is -2.93. The van der Waals surface area contributed by atoms with Crippen LogP contribution in [0.4, 0.5) is 4.79 Å². The van der Waals surface area contributed by atoms with Crippen LogP contribution in [0.2, 0.25) is 5.04 Å². The standard InChI is InChI=1S/C45H47NO4Si/c1-34(2)42-45(36-24-13-7-14-25-36,37-26-15-8-16-27-37)49-43(48)46(42)41(47)33-21-32-40(35-22-11-6-12-23-35)50-51(44(3,4)5,38-28-17-9-18-29-38)39-30-19-10-20-31-39/h6-31,33-34,40,42H,32H2,1-5H3/b33-21+/t40-,42?/m1/s1. The highest BCUT2D eigenvalue weighted by Crippen LogP contribution is 2.47. The summed E-state index contributed by atoms with van der Waals surface area (Å²) in [4.78, 5) is 29.4. The largest absolute Gasteiger partial charge is 0.430 e. The molecular weight excluding hydrogens is 647 g/mol. The molecule has 0 N–H and O–H groups in total. The third-order valence-electron chi connectivity index (χ3n) is 9.93. The molecule has 1 aliphatic heterocycles. The summed E-state index contributed by atoms with van der Waals surface area (Å²) in [5.41, 5.74) is 1.52. The van der Waals surface area contributed by atoms with E-state index in [4.69, 9.17) is 9.16 Å². The predicted molar refractivity (Wildman–Crippen MR) is 207 cm³/mol. The molecule has 0 aromatic heterocycles. The van der Waals surface area contributed by atoms with Crippen LogP contribution in [0.25, 0.3) is 0 Å². The van der Waals surface area contributed by atoms with Gasteiger partial charge in [0.2, 0.25) is 0 Å². The zero-order valence-electron chi connectivity index (χ0n) is 30.1. The first-order valence-electron chi connectivity index (χ1n) is 17.8. The van der Waals surface area contributed by atoms with Crippen molar-refractivity contribution in [2.45, 2.75) is 63.8 Å². The Morgan fingerprint density at radius 3 is 1.61 bits per heavy atom. The topological polar surface area (TPSA) is 55.8 Å². The molecule has 1 fully saturated rings. The second kappa shape index (κ2) is 15.1. The highest BCUT2D eigenvalue weighted by Gasteiger charge is 2.59. The molecule has 6 heteroatoms. The molecule has 0 bridgehead atoms. The third kappa shape index (κ3) is 6.86. The smallest absolute Gasteiger partial charge is 0.418 e. The summed E-state index contributed by atoms with van der Waals surface area (Å²) in [5.74, 6) is -0.519. The second-order valence-corrected chi connectivity index (χ2v) is 18.8. The number of carbonyl (C=O) groups is 2. The van der Waals surface area contributed by atoms with Gasteiger partial charge in [0.1, 0.15) is 0 Å². The number of benzene rings is 5. The Bertz CT molecular complexity index is 1850. The van der Waals surface area contributed by atoms with Gasteiger partial charge in [0, 0.05) is 11.1 Å². The molecule has 6 rings (SSSR count). The molecule has 2 atom stereocenters. The van der Waals surface area contributed by atoms with E-state index >= 15 is 0 Å². The SMILES string of the molecule is CC(C)C1N(C(=O)/C=C/C[C@@H](O[Si](c2ccccc2)(c2ccccc2)C(C)(C)C)c2ccccc2)C(=O)OC1(c1ccccc1)c1ccccc1. The molecule has 0 saturated carbocycles. The number of hydrogen-bond acceptors (Lipinski definition) is 4. The zero-order valence-corrected chi connectivity index (χ0v) is 31.1. The van der Waals surface area contributed by atoms with Gasteiger partial charge in [-0.05, 0) is 39.4 Å². The number of nitrogens with zero attached hydrogens (tertiary/aromatic N) is 1. The lowest BCUT2D eigenvalue weighted by atomic mass is 9.75. The van der Waals surface area contributed by atoms with Crippen LogP contribution in [-0.4, -0.2) is 31.3 Å². The van der Waals surface area contributed by atoms with Crippen molar-refractivity contribution < 1.29 is 18.8 Å². The van der Waals surface area contributed by atoms with Gasteiger partial charge in [-0.1, -0.05) is 192 Å². The fraction of sp³-hybridized carbons (Fsp3) is 0.244. The van der Waals surface area contributed by atoms with E-state index in [9.17, 15) is 9.59 Å². The molecule has 0 spiro atoms. The molecule has 260 valence electrons. The van der Waals surface area contributed by atoms with Crippen LogP contribution in [0.3, 0.4) is 0 Å². The van der Waals surface area contributed by atoms with Gasteiger partial charge in [0.25, 0.3) is 14.2 Å². The highest BCUT2D eigenvalue weighted by molar-refractivity contribution is 6.99. The van der Waals surface area contributed by atoms with Crippen LogP contribution in [-0.2, 0) is 19.6 Å². The molecular formula is C45H47NO4Si. The number of hydrogen-bond donors (Lipinski definition) is 0. The molecule has 5 nitrogen and oxygen atoms in total. The number of carbonyl (C=O) groups excluding carboxylic acids is 2. The van der Waals surface area contributed by atoms with Crippen LogP contribution >= 0.6 is 0 Å². The Labute approximate surface area is 303 Å². The average Bonchev–Trinajstić information content (AvgIpc) is 3.48. The van der Waals surface area contributed by atoms with E-state index in [0.717, 1.165) is 16.7 Å². The van der Waals surface area contributed by atoms with Crippen LogP contribution in [0.15, 0.2) is 164 Å². The summed E-state index contributed by atoms with van der Waals surface area (Å²) in [6, 6.07) is 50.2. The normalized spacial score (nSPS) is 16.7. The van der Waals surface area contributed by atoms with Gasteiger partial charge in [-0.2, -0.15) is 0 Å². The minimum atomic E-state index is -2.93. The van der Waals surface area contributed by atoms with Crippen LogP contribution in [0.5, 0.6) is 0 Å². The Balaban J connectivity index is 1.37. The van der Waals surface area contributed by atoms with Gasteiger partial charge >= 0.3 is 6.09 Å². The average molecular weight is 694 g/mol. The maximum atomic E-state index is 14.2. The molecule has 5 aromatic carbocycles. The lowest BCUT2D eigenvalue weighted by Crippen LogP contribution is -2.66. The zero-order chi connectivity index (χ0) is 36.1. The van der Waals surface area contributed by atoms with Crippen molar-refractivity contribution in [3.05, 3.63) is 181 Å². The molecule has 0 aliphatic carbocycles. The van der Waals surface area contributed by atoms with Gasteiger partial charge in [0.15, 0.2) is 5.60 Å². The van der Waals surface area contributed by atoms with E-state index in [1.807, 2.05) is 111 Å². The Morgan fingerprint density at radius 1 is 0.745 bits per heavy atom. The van der Waals surface area contributed by atoms with Gasteiger partial charge < -0.3 is 9.16 Å². The maximum absolute atomic E-state index is 14.2. The van der Waals surface area contributed by atoms with Gasteiger partial charge in [-0.3, -0.25) is 4.79 Å². The van der Waals surface area contributed by atoms with Gasteiger partial charge in [-0.15, -0.1) is 0 Å². The van der Waals surface area contributed by atoms with Crippen molar-refractivity contribution >= 4 is 30.7 Å². The Morgan fingerprint density at radius 2 is 1.18 bits per heavy atom. The number of rotatable bonds is 11. The highest BCUT2D eigenvalue weighted by atomic mass is 28.4. The number of imide groups is 1. The molecule has 51 heavy (non-hydrogen) atoms. The molecule has 5 aromatic rings. The number of cyclic esters (lactones) is 1. The van der Waals surface area contributed by atoms with E-state index in [1.54, 1.807) is 0 Å². The van der Waals surface area contributed by atoms with Crippen LogP contribution in [0, 0.1) is 5.92 Å². The summed E-state index contributed by atoms with van der Waals surface area (Å²) >= 11 is 0. The lowest BCUT2D eigenvalue weighted by Gasteiger charge is -2.45. The molecule has 1 saturated heterocycles. The first kappa shape index (κ1) is 35.8. The fourth-order valence-electron chi connectivity index (χ4n) is 7.73. The minimum absolute atomic E-state index is 0.107. The number of ether oxygens (including phenoxy) is 1. The van der Waals surface area contributed by atoms with E-state index in [2.05, 4.69) is 81.4 Å². The van der Waals surface area contributed by atoms with E-state index in [0.29, 0.717) is 6.42 Å². The summed E-state index contributed by atoms with van der Waals surface area (Å²) < 4.78 is 13.9. The molecule has 1 unspecified atom stereocenters. The first-order valence-corrected chi connectivity index (χ1v) is 19.7.